The van der Waals surface area contributed by atoms with Crippen LogP contribution in [0.15, 0.2) is 23.1 Å². The molecule has 1 N–H and O–H groups in total. The number of ether oxygens (including phenoxy) is 1. The molecule has 1 fully saturated rings. The molecule has 2 rings (SSSR count). The summed E-state index contributed by atoms with van der Waals surface area (Å²) in [5.74, 6) is 0.0899. The Hall–Kier alpha value is -1.60. The van der Waals surface area contributed by atoms with E-state index >= 15 is 0 Å². The van der Waals surface area contributed by atoms with Gasteiger partial charge in [0.2, 0.25) is 10.0 Å². The third kappa shape index (κ3) is 5.94. The van der Waals surface area contributed by atoms with Crippen molar-refractivity contribution in [2.45, 2.75) is 63.2 Å². The SMILES string of the molecule is CCCCCCNC(=O)c1cc(S(=O)(=O)N2CCCCCC2)ccc1OC. The van der Waals surface area contributed by atoms with Gasteiger partial charge in [0.25, 0.3) is 5.91 Å². The van der Waals surface area contributed by atoms with Gasteiger partial charge in [0, 0.05) is 19.6 Å². The van der Waals surface area contributed by atoms with Gasteiger partial charge < -0.3 is 10.1 Å². The minimum absolute atomic E-state index is 0.154. The van der Waals surface area contributed by atoms with Crippen molar-refractivity contribution in [2.24, 2.45) is 0 Å². The molecule has 1 heterocycles. The third-order valence-electron chi connectivity index (χ3n) is 4.93. The predicted molar refractivity (Wildman–Crippen MR) is 107 cm³/mol. The molecule has 1 aliphatic heterocycles. The summed E-state index contributed by atoms with van der Waals surface area (Å²) in [5, 5.41) is 2.87. The van der Waals surface area contributed by atoms with Gasteiger partial charge in [-0.2, -0.15) is 4.31 Å². The van der Waals surface area contributed by atoms with Crippen LogP contribution < -0.4 is 10.1 Å². The Balaban J connectivity index is 2.16. The van der Waals surface area contributed by atoms with Crippen LogP contribution in [-0.4, -0.2) is 45.4 Å². The molecule has 1 amide bonds. The minimum atomic E-state index is -3.60. The number of hydrogen-bond acceptors (Lipinski definition) is 4. The number of methoxy groups -OCH3 is 1. The lowest BCUT2D eigenvalue weighted by atomic mass is 10.1. The summed E-state index contributed by atoms with van der Waals surface area (Å²) in [6.07, 6.45) is 8.12. The highest BCUT2D eigenvalue weighted by Crippen LogP contribution is 2.26. The standard InChI is InChI=1S/C20H32N2O4S/c1-3-4-5-8-13-21-20(23)18-16-17(11-12-19(18)26-2)27(24,25)22-14-9-6-7-10-15-22/h11-12,16H,3-10,13-15H2,1-2H3,(H,21,23). The van der Waals surface area contributed by atoms with Gasteiger partial charge in [-0.3, -0.25) is 4.79 Å². The summed E-state index contributed by atoms with van der Waals surface area (Å²) >= 11 is 0. The molecular weight excluding hydrogens is 364 g/mol. The molecule has 6 nitrogen and oxygen atoms in total. The van der Waals surface area contributed by atoms with E-state index in [-0.39, 0.29) is 16.4 Å². The van der Waals surface area contributed by atoms with Gasteiger partial charge in [-0.05, 0) is 37.5 Å². The Labute approximate surface area is 163 Å². The Morgan fingerprint density at radius 1 is 1.11 bits per heavy atom. The number of rotatable bonds is 9. The molecular formula is C20H32N2O4S. The lowest BCUT2D eigenvalue weighted by Gasteiger charge is -2.20. The van der Waals surface area contributed by atoms with Crippen molar-refractivity contribution in [1.29, 1.82) is 0 Å². The number of benzene rings is 1. The van der Waals surface area contributed by atoms with Crippen LogP contribution in [0.5, 0.6) is 5.75 Å². The molecule has 1 saturated heterocycles. The number of nitrogens with zero attached hydrogens (tertiary/aromatic N) is 1. The van der Waals surface area contributed by atoms with Crippen LogP contribution >= 0.6 is 0 Å². The molecule has 1 aliphatic rings. The molecule has 0 aromatic heterocycles. The zero-order valence-electron chi connectivity index (χ0n) is 16.5. The summed E-state index contributed by atoms with van der Waals surface area (Å²) in [6, 6.07) is 4.54. The molecule has 152 valence electrons. The van der Waals surface area contributed by atoms with E-state index in [1.54, 1.807) is 6.07 Å². The average molecular weight is 397 g/mol. The highest BCUT2D eigenvalue weighted by atomic mass is 32.2. The van der Waals surface area contributed by atoms with Gasteiger partial charge in [0.1, 0.15) is 5.75 Å². The van der Waals surface area contributed by atoms with Crippen LogP contribution in [0.25, 0.3) is 0 Å². The van der Waals surface area contributed by atoms with Gasteiger partial charge in [0.15, 0.2) is 0 Å². The second-order valence-electron chi connectivity index (χ2n) is 7.00. The van der Waals surface area contributed by atoms with E-state index in [2.05, 4.69) is 12.2 Å². The van der Waals surface area contributed by atoms with Crippen molar-refractivity contribution >= 4 is 15.9 Å². The largest absolute Gasteiger partial charge is 0.496 e. The number of nitrogens with one attached hydrogen (secondary N) is 1. The van der Waals surface area contributed by atoms with Gasteiger partial charge in [-0.15, -0.1) is 0 Å². The van der Waals surface area contributed by atoms with E-state index < -0.39 is 10.0 Å². The second kappa shape index (κ2) is 10.7. The fraction of sp³-hybridized carbons (Fsp3) is 0.650. The van der Waals surface area contributed by atoms with E-state index in [1.165, 1.54) is 23.5 Å². The summed E-state index contributed by atoms with van der Waals surface area (Å²) in [5.41, 5.74) is 0.267. The first-order valence-electron chi connectivity index (χ1n) is 9.97. The van der Waals surface area contributed by atoms with Gasteiger partial charge in [-0.25, -0.2) is 8.42 Å². The molecule has 1 aromatic rings. The van der Waals surface area contributed by atoms with Crippen LogP contribution in [0.3, 0.4) is 0 Å². The first kappa shape index (κ1) is 21.7. The summed E-state index contributed by atoms with van der Waals surface area (Å²) in [6.45, 7) is 3.78. The monoisotopic (exact) mass is 396 g/mol. The van der Waals surface area contributed by atoms with E-state index in [9.17, 15) is 13.2 Å². The molecule has 0 unspecified atom stereocenters. The van der Waals surface area contributed by atoms with E-state index in [4.69, 9.17) is 4.74 Å². The fourth-order valence-corrected chi connectivity index (χ4v) is 4.85. The molecule has 0 bridgehead atoms. The number of hydrogen-bond donors (Lipinski definition) is 1. The maximum absolute atomic E-state index is 13.0. The number of unbranched alkanes of at least 4 members (excludes halogenated alkanes) is 3. The lowest BCUT2D eigenvalue weighted by molar-refractivity contribution is 0.0949. The number of carbonyl (C=O) groups excluding carboxylic acids is 1. The molecule has 0 atom stereocenters. The Morgan fingerprint density at radius 2 is 1.81 bits per heavy atom. The van der Waals surface area contributed by atoms with Crippen molar-refractivity contribution in [2.75, 3.05) is 26.7 Å². The van der Waals surface area contributed by atoms with Gasteiger partial charge >= 0.3 is 0 Å². The maximum Gasteiger partial charge on any atom is 0.255 e. The molecule has 1 aromatic carbocycles. The van der Waals surface area contributed by atoms with Crippen molar-refractivity contribution in [1.82, 2.24) is 9.62 Å². The van der Waals surface area contributed by atoms with Gasteiger partial charge in [-0.1, -0.05) is 39.0 Å². The second-order valence-corrected chi connectivity index (χ2v) is 8.93. The van der Waals surface area contributed by atoms with E-state index in [1.807, 2.05) is 0 Å². The fourth-order valence-electron chi connectivity index (χ4n) is 3.31. The molecule has 0 saturated carbocycles. The topological polar surface area (TPSA) is 75.7 Å². The Bertz CT molecular complexity index is 711. The van der Waals surface area contributed by atoms with Crippen molar-refractivity contribution in [3.63, 3.8) is 0 Å². The van der Waals surface area contributed by atoms with E-state index in [0.717, 1.165) is 51.4 Å². The average Bonchev–Trinajstić information content (AvgIpc) is 2.97. The normalized spacial score (nSPS) is 15.9. The number of sulfonamides is 1. The summed E-state index contributed by atoms with van der Waals surface area (Å²) < 4.78 is 32.8. The van der Waals surface area contributed by atoms with E-state index in [0.29, 0.717) is 25.4 Å². The zero-order valence-corrected chi connectivity index (χ0v) is 17.3. The molecule has 27 heavy (non-hydrogen) atoms. The quantitative estimate of drug-likeness (QED) is 0.648. The van der Waals surface area contributed by atoms with Crippen LogP contribution in [0, 0.1) is 0 Å². The van der Waals surface area contributed by atoms with Crippen LogP contribution in [-0.2, 0) is 10.0 Å². The minimum Gasteiger partial charge on any atom is -0.496 e. The first-order valence-corrected chi connectivity index (χ1v) is 11.4. The Kier molecular flexibility index (Phi) is 8.57. The highest BCUT2D eigenvalue weighted by Gasteiger charge is 2.27. The number of carbonyl (C=O) groups is 1. The smallest absolute Gasteiger partial charge is 0.255 e. The summed E-state index contributed by atoms with van der Waals surface area (Å²) in [4.78, 5) is 12.7. The number of amides is 1. The first-order chi connectivity index (χ1) is 13.0. The van der Waals surface area contributed by atoms with Crippen molar-refractivity contribution in [3.05, 3.63) is 23.8 Å². The molecule has 0 spiro atoms. The molecule has 7 heteroatoms. The van der Waals surface area contributed by atoms with Crippen molar-refractivity contribution < 1.29 is 17.9 Å². The zero-order chi connectivity index (χ0) is 19.7. The molecule has 0 radical (unpaired) electrons. The summed E-state index contributed by atoms with van der Waals surface area (Å²) in [7, 11) is -2.12. The van der Waals surface area contributed by atoms with Crippen LogP contribution in [0.2, 0.25) is 0 Å². The van der Waals surface area contributed by atoms with Gasteiger partial charge in [0.05, 0.1) is 17.6 Å². The Morgan fingerprint density at radius 3 is 2.44 bits per heavy atom. The maximum atomic E-state index is 13.0. The molecule has 0 aliphatic carbocycles. The van der Waals surface area contributed by atoms with Crippen molar-refractivity contribution in [3.8, 4) is 5.75 Å². The van der Waals surface area contributed by atoms with Crippen LogP contribution in [0.1, 0.15) is 68.6 Å². The highest BCUT2D eigenvalue weighted by molar-refractivity contribution is 7.89. The van der Waals surface area contributed by atoms with Crippen LogP contribution in [0.4, 0.5) is 0 Å². The predicted octanol–water partition coefficient (Wildman–Crippen LogP) is 3.57. The third-order valence-corrected chi connectivity index (χ3v) is 6.83. The lowest BCUT2D eigenvalue weighted by Crippen LogP contribution is -2.32.